The molecule has 0 aliphatic heterocycles. The molecule has 1 N–H and O–H groups in total. The van der Waals surface area contributed by atoms with Crippen LogP contribution in [0.2, 0.25) is 0 Å². The SMILES string of the molecule is COc1ccc(CCCNc2ncc(-c3cnccn3)c(-c3ccco3)n2)cc1OC. The number of hydrogen-bond donors (Lipinski definition) is 1. The zero-order valence-corrected chi connectivity index (χ0v) is 17.4. The van der Waals surface area contributed by atoms with E-state index in [2.05, 4.69) is 25.3 Å². The van der Waals surface area contributed by atoms with Crippen LogP contribution in [0.5, 0.6) is 11.5 Å². The van der Waals surface area contributed by atoms with Gasteiger partial charge in [0.1, 0.15) is 5.69 Å². The largest absolute Gasteiger partial charge is 0.493 e. The Bertz CT molecular complexity index is 1120. The summed E-state index contributed by atoms with van der Waals surface area (Å²) in [6.45, 7) is 0.719. The van der Waals surface area contributed by atoms with Crippen LogP contribution in [0.4, 0.5) is 5.95 Å². The van der Waals surface area contributed by atoms with E-state index in [1.165, 1.54) is 5.56 Å². The molecule has 8 heteroatoms. The van der Waals surface area contributed by atoms with Crippen LogP contribution in [0.15, 0.2) is 65.8 Å². The molecule has 0 saturated carbocycles. The quantitative estimate of drug-likeness (QED) is 0.404. The number of hydrogen-bond acceptors (Lipinski definition) is 8. The van der Waals surface area contributed by atoms with Crippen molar-refractivity contribution in [2.75, 3.05) is 26.1 Å². The number of nitrogens with zero attached hydrogens (tertiary/aromatic N) is 4. The molecule has 4 aromatic rings. The molecule has 0 spiro atoms. The number of rotatable bonds is 9. The Morgan fingerprint density at radius 3 is 2.65 bits per heavy atom. The highest BCUT2D eigenvalue weighted by atomic mass is 16.5. The summed E-state index contributed by atoms with van der Waals surface area (Å²) in [6.07, 6.45) is 10.1. The number of ether oxygens (including phenoxy) is 2. The number of methoxy groups -OCH3 is 2. The number of furan rings is 1. The molecule has 8 nitrogen and oxygen atoms in total. The van der Waals surface area contributed by atoms with Crippen molar-refractivity contribution in [2.24, 2.45) is 0 Å². The summed E-state index contributed by atoms with van der Waals surface area (Å²) in [6, 6.07) is 9.66. The standard InChI is InChI=1S/C23H23N5O3/c1-29-19-8-7-16(13-21(19)30-2)5-3-9-26-23-27-14-17(18-15-24-10-11-25-18)22(28-23)20-6-4-12-31-20/h4,6-8,10-15H,3,5,9H2,1-2H3,(H,26,27,28). The molecule has 0 aliphatic carbocycles. The molecule has 158 valence electrons. The molecule has 1 aromatic carbocycles. The van der Waals surface area contributed by atoms with Gasteiger partial charge in [-0.15, -0.1) is 0 Å². The van der Waals surface area contributed by atoms with Crippen molar-refractivity contribution in [1.29, 1.82) is 0 Å². The van der Waals surface area contributed by atoms with E-state index < -0.39 is 0 Å². The number of aryl methyl sites for hydroxylation is 1. The van der Waals surface area contributed by atoms with Crippen LogP contribution in [-0.4, -0.2) is 40.7 Å². The fourth-order valence-corrected chi connectivity index (χ4v) is 3.22. The van der Waals surface area contributed by atoms with Crippen LogP contribution >= 0.6 is 0 Å². The van der Waals surface area contributed by atoms with Crippen LogP contribution in [0.1, 0.15) is 12.0 Å². The Morgan fingerprint density at radius 2 is 1.90 bits per heavy atom. The van der Waals surface area contributed by atoms with E-state index in [0.29, 0.717) is 23.1 Å². The van der Waals surface area contributed by atoms with Crippen molar-refractivity contribution in [3.63, 3.8) is 0 Å². The third-order valence-electron chi connectivity index (χ3n) is 4.76. The Balaban J connectivity index is 1.44. The van der Waals surface area contributed by atoms with Gasteiger partial charge in [0.05, 0.1) is 32.4 Å². The maximum atomic E-state index is 5.57. The molecule has 0 aliphatic rings. The highest BCUT2D eigenvalue weighted by molar-refractivity contribution is 5.76. The summed E-state index contributed by atoms with van der Waals surface area (Å²) in [7, 11) is 3.27. The summed E-state index contributed by atoms with van der Waals surface area (Å²) >= 11 is 0. The number of nitrogens with one attached hydrogen (secondary N) is 1. The van der Waals surface area contributed by atoms with Gasteiger partial charge in [-0.1, -0.05) is 6.07 Å². The smallest absolute Gasteiger partial charge is 0.223 e. The van der Waals surface area contributed by atoms with E-state index in [4.69, 9.17) is 13.9 Å². The van der Waals surface area contributed by atoms with Crippen LogP contribution in [0, 0.1) is 0 Å². The van der Waals surface area contributed by atoms with E-state index in [-0.39, 0.29) is 0 Å². The molecule has 0 bridgehead atoms. The fourth-order valence-electron chi connectivity index (χ4n) is 3.22. The Hall–Kier alpha value is -3.94. The molecular formula is C23H23N5O3. The molecule has 0 saturated heterocycles. The zero-order valence-electron chi connectivity index (χ0n) is 17.4. The normalized spacial score (nSPS) is 10.6. The lowest BCUT2D eigenvalue weighted by molar-refractivity contribution is 0.354. The van der Waals surface area contributed by atoms with Gasteiger partial charge in [-0.3, -0.25) is 9.97 Å². The van der Waals surface area contributed by atoms with Crippen molar-refractivity contribution in [3.05, 3.63) is 66.9 Å². The molecule has 0 amide bonds. The summed E-state index contributed by atoms with van der Waals surface area (Å²) in [5.41, 5.74) is 3.30. The molecule has 4 rings (SSSR count). The first-order chi connectivity index (χ1) is 15.3. The Morgan fingerprint density at radius 1 is 1.00 bits per heavy atom. The molecule has 0 fully saturated rings. The van der Waals surface area contributed by atoms with Gasteiger partial charge in [0.15, 0.2) is 17.3 Å². The predicted octanol–water partition coefficient (Wildman–Crippen LogP) is 4.26. The number of benzene rings is 1. The van der Waals surface area contributed by atoms with Gasteiger partial charge < -0.3 is 19.2 Å². The highest BCUT2D eigenvalue weighted by Crippen LogP contribution is 2.30. The van der Waals surface area contributed by atoms with Crippen molar-refractivity contribution in [1.82, 2.24) is 19.9 Å². The first-order valence-electron chi connectivity index (χ1n) is 9.90. The van der Waals surface area contributed by atoms with E-state index in [1.807, 2.05) is 30.3 Å². The third kappa shape index (κ3) is 4.80. The minimum Gasteiger partial charge on any atom is -0.493 e. The Labute approximate surface area is 180 Å². The average Bonchev–Trinajstić information content (AvgIpc) is 3.37. The second-order valence-electron chi connectivity index (χ2n) is 6.74. The summed E-state index contributed by atoms with van der Waals surface area (Å²) < 4.78 is 16.2. The minimum atomic E-state index is 0.534. The first kappa shape index (κ1) is 20.3. The van der Waals surface area contributed by atoms with Crippen molar-refractivity contribution >= 4 is 5.95 Å². The van der Waals surface area contributed by atoms with Crippen molar-refractivity contribution in [2.45, 2.75) is 12.8 Å². The van der Waals surface area contributed by atoms with Gasteiger partial charge in [0.2, 0.25) is 5.95 Å². The molecule has 3 aromatic heterocycles. The second-order valence-corrected chi connectivity index (χ2v) is 6.74. The van der Waals surface area contributed by atoms with Crippen LogP contribution in [0.25, 0.3) is 22.7 Å². The predicted molar refractivity (Wildman–Crippen MR) is 117 cm³/mol. The second kappa shape index (κ2) is 9.71. The van der Waals surface area contributed by atoms with Crippen molar-refractivity contribution in [3.8, 4) is 34.2 Å². The minimum absolute atomic E-state index is 0.534. The summed E-state index contributed by atoms with van der Waals surface area (Å²) in [4.78, 5) is 17.6. The average molecular weight is 417 g/mol. The van der Waals surface area contributed by atoms with Gasteiger partial charge in [-0.05, 0) is 42.7 Å². The molecule has 3 heterocycles. The van der Waals surface area contributed by atoms with E-state index in [1.54, 1.807) is 45.3 Å². The first-order valence-corrected chi connectivity index (χ1v) is 9.90. The summed E-state index contributed by atoms with van der Waals surface area (Å²) in [5, 5.41) is 3.29. The van der Waals surface area contributed by atoms with E-state index in [9.17, 15) is 0 Å². The molecule has 31 heavy (non-hydrogen) atoms. The van der Waals surface area contributed by atoms with Gasteiger partial charge in [-0.2, -0.15) is 0 Å². The fraction of sp³-hybridized carbons (Fsp3) is 0.217. The van der Waals surface area contributed by atoms with Gasteiger partial charge >= 0.3 is 0 Å². The van der Waals surface area contributed by atoms with Crippen LogP contribution in [0.3, 0.4) is 0 Å². The maximum Gasteiger partial charge on any atom is 0.223 e. The molecular weight excluding hydrogens is 394 g/mol. The van der Waals surface area contributed by atoms with E-state index >= 15 is 0 Å². The number of anilines is 1. The lowest BCUT2D eigenvalue weighted by Gasteiger charge is -2.11. The van der Waals surface area contributed by atoms with Crippen molar-refractivity contribution < 1.29 is 13.9 Å². The number of aromatic nitrogens is 4. The molecule has 0 radical (unpaired) electrons. The van der Waals surface area contributed by atoms with Gasteiger partial charge in [-0.25, -0.2) is 9.97 Å². The van der Waals surface area contributed by atoms with Gasteiger partial charge in [0, 0.05) is 30.7 Å². The van der Waals surface area contributed by atoms with Gasteiger partial charge in [0.25, 0.3) is 0 Å². The maximum absolute atomic E-state index is 5.57. The molecule has 0 atom stereocenters. The molecule has 0 unspecified atom stereocenters. The lowest BCUT2D eigenvalue weighted by atomic mass is 10.1. The Kier molecular flexibility index (Phi) is 6.37. The monoisotopic (exact) mass is 417 g/mol. The van der Waals surface area contributed by atoms with E-state index in [0.717, 1.165) is 36.4 Å². The summed E-state index contributed by atoms with van der Waals surface area (Å²) in [5.74, 6) is 2.65. The van der Waals surface area contributed by atoms with Crippen LogP contribution < -0.4 is 14.8 Å². The lowest BCUT2D eigenvalue weighted by Crippen LogP contribution is -2.07. The third-order valence-corrected chi connectivity index (χ3v) is 4.76. The highest BCUT2D eigenvalue weighted by Gasteiger charge is 2.15. The topological polar surface area (TPSA) is 95.2 Å². The zero-order chi connectivity index (χ0) is 21.5. The van der Waals surface area contributed by atoms with Crippen LogP contribution in [-0.2, 0) is 6.42 Å².